The lowest BCUT2D eigenvalue weighted by Gasteiger charge is -2.31. The second-order valence-electron chi connectivity index (χ2n) is 8.89. The van der Waals surface area contributed by atoms with Crippen LogP contribution in [0.4, 0.5) is 4.79 Å². The third kappa shape index (κ3) is 7.23. The average molecular weight is 387 g/mol. The fourth-order valence-corrected chi connectivity index (χ4v) is 3.08. The molecule has 0 unspecified atom stereocenters. The number of nitrogens with zero attached hydrogens (tertiary/aromatic N) is 4. The zero-order valence-corrected chi connectivity index (χ0v) is 17.6. The highest BCUT2D eigenvalue weighted by Crippen LogP contribution is 2.23. The molecule has 3 rings (SSSR count). The van der Waals surface area contributed by atoms with Crippen molar-refractivity contribution in [2.75, 3.05) is 26.2 Å². The molecule has 0 bridgehead atoms. The molecule has 1 aliphatic carbocycles. The van der Waals surface area contributed by atoms with Crippen molar-refractivity contribution >= 4 is 12.3 Å². The predicted molar refractivity (Wildman–Crippen MR) is 112 cm³/mol. The van der Waals surface area contributed by atoms with Gasteiger partial charge in [0, 0.05) is 19.0 Å². The van der Waals surface area contributed by atoms with Gasteiger partial charge in [0.25, 0.3) is 0 Å². The molecule has 1 aromatic heterocycles. The van der Waals surface area contributed by atoms with Crippen LogP contribution in [0.5, 0.6) is 0 Å². The quantitative estimate of drug-likeness (QED) is 0.477. The van der Waals surface area contributed by atoms with Gasteiger partial charge in [0.05, 0.1) is 18.3 Å². The average Bonchev–Trinajstić information content (AvgIpc) is 3.40. The van der Waals surface area contributed by atoms with E-state index in [0.29, 0.717) is 19.1 Å². The summed E-state index contributed by atoms with van der Waals surface area (Å²) in [4.78, 5) is 25.9. The van der Waals surface area contributed by atoms with Crippen LogP contribution in [0.3, 0.4) is 0 Å². The van der Waals surface area contributed by atoms with E-state index in [9.17, 15) is 4.79 Å². The highest BCUT2D eigenvalue weighted by atomic mass is 16.6. The van der Waals surface area contributed by atoms with Crippen molar-refractivity contribution in [3.63, 3.8) is 0 Å². The summed E-state index contributed by atoms with van der Waals surface area (Å²) in [5.41, 5.74) is 1.41. The Morgan fingerprint density at radius 1 is 1.36 bits per heavy atom. The number of hydrogen-bond acceptors (Lipinski definition) is 5. The number of aromatic nitrogens is 1. The van der Waals surface area contributed by atoms with Crippen molar-refractivity contribution < 1.29 is 9.53 Å². The van der Waals surface area contributed by atoms with Crippen molar-refractivity contribution in [1.29, 1.82) is 0 Å². The standard InChI is InChI=1S/C22H34N4O2/c1-22(2,3)28-21(27)26(14-5-4-11-25-12-6-13-25)17-20-15-18(9-10-23-20)16-24-19-7-8-19/h9-10,15-16,19H,4-8,11-14,17H2,1-3H3. The van der Waals surface area contributed by atoms with Gasteiger partial charge >= 0.3 is 6.09 Å². The lowest BCUT2D eigenvalue weighted by atomic mass is 10.2. The maximum atomic E-state index is 12.7. The number of unbranched alkanes of at least 4 members (excludes halogenated alkanes) is 1. The van der Waals surface area contributed by atoms with Crippen molar-refractivity contribution in [3.8, 4) is 0 Å². The monoisotopic (exact) mass is 386 g/mol. The fraction of sp³-hybridized carbons (Fsp3) is 0.682. The molecular weight excluding hydrogens is 352 g/mol. The second-order valence-corrected chi connectivity index (χ2v) is 8.89. The van der Waals surface area contributed by atoms with Crippen LogP contribution in [-0.2, 0) is 11.3 Å². The summed E-state index contributed by atoms with van der Waals surface area (Å²) in [7, 11) is 0. The Morgan fingerprint density at radius 2 is 2.14 bits per heavy atom. The Balaban J connectivity index is 1.57. The fourth-order valence-electron chi connectivity index (χ4n) is 3.08. The minimum absolute atomic E-state index is 0.268. The number of amides is 1. The van der Waals surface area contributed by atoms with Crippen molar-refractivity contribution in [2.45, 2.75) is 71.1 Å². The normalized spacial score (nSPS) is 17.5. The summed E-state index contributed by atoms with van der Waals surface area (Å²) < 4.78 is 5.62. The SMILES string of the molecule is CC(C)(C)OC(=O)N(CCCCN1CCC1)Cc1cc(C=NC2CC2)ccn1. The Hall–Kier alpha value is -1.95. The van der Waals surface area contributed by atoms with Gasteiger partial charge in [0.2, 0.25) is 0 Å². The number of hydrogen-bond donors (Lipinski definition) is 0. The molecule has 28 heavy (non-hydrogen) atoms. The maximum absolute atomic E-state index is 12.7. The van der Waals surface area contributed by atoms with Gasteiger partial charge in [0.1, 0.15) is 5.60 Å². The van der Waals surface area contributed by atoms with Crippen molar-refractivity contribution in [2.24, 2.45) is 4.99 Å². The Labute approximate surface area is 169 Å². The molecule has 6 heteroatoms. The molecule has 2 heterocycles. The minimum Gasteiger partial charge on any atom is -0.444 e. The molecule has 2 fully saturated rings. The zero-order valence-electron chi connectivity index (χ0n) is 17.6. The number of pyridine rings is 1. The molecule has 0 N–H and O–H groups in total. The molecule has 1 saturated carbocycles. The smallest absolute Gasteiger partial charge is 0.410 e. The summed E-state index contributed by atoms with van der Waals surface area (Å²) in [6.07, 6.45) is 9.22. The first-order valence-electron chi connectivity index (χ1n) is 10.6. The summed E-state index contributed by atoms with van der Waals surface area (Å²) >= 11 is 0. The molecule has 6 nitrogen and oxygen atoms in total. The van der Waals surface area contributed by atoms with Gasteiger partial charge in [-0.3, -0.25) is 9.98 Å². The van der Waals surface area contributed by atoms with Gasteiger partial charge < -0.3 is 14.5 Å². The molecule has 154 valence electrons. The predicted octanol–water partition coefficient (Wildman–Crippen LogP) is 3.89. The lowest BCUT2D eigenvalue weighted by molar-refractivity contribution is 0.0226. The first-order chi connectivity index (χ1) is 13.4. The van der Waals surface area contributed by atoms with Gasteiger partial charge in [-0.25, -0.2) is 4.79 Å². The van der Waals surface area contributed by atoms with Crippen LogP contribution >= 0.6 is 0 Å². The largest absolute Gasteiger partial charge is 0.444 e. The van der Waals surface area contributed by atoms with Gasteiger partial charge in [-0.15, -0.1) is 0 Å². The van der Waals surface area contributed by atoms with Crippen LogP contribution in [0.15, 0.2) is 23.3 Å². The molecule has 2 aliphatic rings. The lowest BCUT2D eigenvalue weighted by Crippen LogP contribution is -2.39. The summed E-state index contributed by atoms with van der Waals surface area (Å²) in [6.45, 7) is 10.4. The first kappa shape index (κ1) is 20.8. The Morgan fingerprint density at radius 3 is 2.79 bits per heavy atom. The van der Waals surface area contributed by atoms with Crippen LogP contribution in [0, 0.1) is 0 Å². The van der Waals surface area contributed by atoms with Gasteiger partial charge in [-0.05, 0) is 90.2 Å². The summed E-state index contributed by atoms with van der Waals surface area (Å²) in [6, 6.07) is 4.48. The number of rotatable bonds is 9. The van der Waals surface area contributed by atoms with Gasteiger partial charge in [-0.2, -0.15) is 0 Å². The third-order valence-corrected chi connectivity index (χ3v) is 4.93. The maximum Gasteiger partial charge on any atom is 0.410 e. The van der Waals surface area contributed by atoms with E-state index in [1.807, 2.05) is 39.1 Å². The van der Waals surface area contributed by atoms with E-state index in [1.165, 1.54) is 32.4 Å². The molecule has 0 aromatic carbocycles. The molecule has 0 radical (unpaired) electrons. The second kappa shape index (κ2) is 9.50. The van der Waals surface area contributed by atoms with Crippen LogP contribution in [0.25, 0.3) is 0 Å². The Bertz CT molecular complexity index is 675. The van der Waals surface area contributed by atoms with Crippen LogP contribution < -0.4 is 0 Å². The van der Waals surface area contributed by atoms with Crippen LogP contribution in [-0.4, -0.2) is 64.9 Å². The number of carbonyl (C=O) groups excluding carboxylic acids is 1. The molecule has 0 atom stereocenters. The molecule has 0 spiro atoms. The van der Waals surface area contributed by atoms with E-state index in [1.54, 1.807) is 11.1 Å². The van der Waals surface area contributed by atoms with Gasteiger partial charge in [-0.1, -0.05) is 0 Å². The molecule has 1 aromatic rings. The highest BCUT2D eigenvalue weighted by molar-refractivity contribution is 5.79. The molecule has 1 aliphatic heterocycles. The number of ether oxygens (including phenoxy) is 1. The van der Waals surface area contributed by atoms with Crippen molar-refractivity contribution in [3.05, 3.63) is 29.6 Å². The van der Waals surface area contributed by atoms with E-state index >= 15 is 0 Å². The third-order valence-electron chi connectivity index (χ3n) is 4.93. The zero-order chi connectivity index (χ0) is 20.0. The van der Waals surface area contributed by atoms with E-state index in [0.717, 1.165) is 30.6 Å². The van der Waals surface area contributed by atoms with E-state index < -0.39 is 5.60 Å². The Kier molecular flexibility index (Phi) is 7.05. The number of aliphatic imine (C=N–C) groups is 1. The van der Waals surface area contributed by atoms with Crippen LogP contribution in [0.1, 0.15) is 64.1 Å². The minimum atomic E-state index is -0.501. The highest BCUT2D eigenvalue weighted by Gasteiger charge is 2.23. The van der Waals surface area contributed by atoms with Crippen molar-refractivity contribution in [1.82, 2.24) is 14.8 Å². The molecular formula is C22H34N4O2. The number of likely N-dealkylation sites (tertiary alicyclic amines) is 1. The molecule has 1 saturated heterocycles. The first-order valence-corrected chi connectivity index (χ1v) is 10.6. The van der Waals surface area contributed by atoms with E-state index in [2.05, 4.69) is 14.9 Å². The summed E-state index contributed by atoms with van der Waals surface area (Å²) in [5, 5.41) is 0. The van der Waals surface area contributed by atoms with Crippen LogP contribution in [0.2, 0.25) is 0 Å². The van der Waals surface area contributed by atoms with Gasteiger partial charge in [0.15, 0.2) is 0 Å². The van der Waals surface area contributed by atoms with E-state index in [-0.39, 0.29) is 6.09 Å². The van der Waals surface area contributed by atoms with E-state index in [4.69, 9.17) is 4.74 Å². The summed E-state index contributed by atoms with van der Waals surface area (Å²) in [5.74, 6) is 0. The topological polar surface area (TPSA) is 58.0 Å². The number of carbonyl (C=O) groups is 1. The molecule has 1 amide bonds.